The summed E-state index contributed by atoms with van der Waals surface area (Å²) in [4.78, 5) is 55.7. The van der Waals surface area contributed by atoms with Crippen molar-refractivity contribution in [2.24, 2.45) is 0 Å². The third-order valence-electron chi connectivity index (χ3n) is 7.90. The van der Waals surface area contributed by atoms with Crippen LogP contribution in [0.25, 0.3) is 6.08 Å². The lowest BCUT2D eigenvalue weighted by molar-refractivity contribution is -0.129. The smallest absolute Gasteiger partial charge is 0.272 e. The third kappa shape index (κ3) is 8.03. The Hall–Kier alpha value is -5.90. The van der Waals surface area contributed by atoms with Gasteiger partial charge in [-0.2, -0.15) is 5.26 Å². The van der Waals surface area contributed by atoms with Gasteiger partial charge < -0.3 is 25.3 Å². The zero-order valence-corrected chi connectivity index (χ0v) is 28.5. The Balaban J connectivity index is 1.22. The van der Waals surface area contributed by atoms with Crippen molar-refractivity contribution < 1.29 is 23.6 Å². The van der Waals surface area contributed by atoms with E-state index in [1.165, 1.54) is 42.4 Å². The van der Waals surface area contributed by atoms with Gasteiger partial charge in [0.25, 0.3) is 11.8 Å². The van der Waals surface area contributed by atoms with E-state index < -0.39 is 17.1 Å². The maximum absolute atomic E-state index is 14.0. The van der Waals surface area contributed by atoms with Crippen LogP contribution in [0.5, 0.6) is 0 Å². The fraction of sp³-hybridized carbons (Fsp3) is 0.132. The first-order valence-corrected chi connectivity index (χ1v) is 17.3. The van der Waals surface area contributed by atoms with Crippen LogP contribution in [0.1, 0.15) is 49.9 Å². The molecule has 0 fully saturated rings. The zero-order valence-electron chi connectivity index (χ0n) is 26.8. The molecular formula is C38H31N5O5S2. The molecule has 5 aromatic rings. The summed E-state index contributed by atoms with van der Waals surface area (Å²) in [6.45, 7) is 2.45. The Morgan fingerprint density at radius 3 is 2.42 bits per heavy atom. The molecule has 0 saturated heterocycles. The highest BCUT2D eigenvalue weighted by Gasteiger charge is 2.29. The van der Waals surface area contributed by atoms with Gasteiger partial charge in [-0.25, -0.2) is 0 Å². The highest BCUT2D eigenvalue weighted by atomic mass is 32.2. The molecule has 6 rings (SSSR count). The van der Waals surface area contributed by atoms with Crippen LogP contribution in [0.4, 0.5) is 10.7 Å². The van der Waals surface area contributed by atoms with Crippen molar-refractivity contribution in [1.82, 2.24) is 10.2 Å². The number of hydrogen-bond donors (Lipinski definition) is 3. The number of nitrogens with zero attached hydrogens (tertiary/aromatic N) is 2. The lowest BCUT2D eigenvalue weighted by atomic mass is 10.0. The summed E-state index contributed by atoms with van der Waals surface area (Å²) in [7, 11) is 0. The van der Waals surface area contributed by atoms with Gasteiger partial charge in [0.2, 0.25) is 11.8 Å². The van der Waals surface area contributed by atoms with Gasteiger partial charge in [-0.1, -0.05) is 54.6 Å². The van der Waals surface area contributed by atoms with Crippen molar-refractivity contribution in [2.75, 3.05) is 17.2 Å². The molecule has 250 valence electrons. The SMILES string of the molecule is CC(=O)N1CCc2c(sc(NC(=O)C(Sc3cccc(NC(=O)/C(=C/c4ccco4)NC(=O)c4ccccc4)c3)c3ccccc3)c2C#N)C1. The highest BCUT2D eigenvalue weighted by Crippen LogP contribution is 2.40. The van der Waals surface area contributed by atoms with Crippen molar-refractivity contribution >= 4 is 63.5 Å². The minimum Gasteiger partial charge on any atom is -0.465 e. The number of thioether (sulfide) groups is 1. The standard InChI is InChI=1S/C38H31N5O5S2/c1-24(44)43-18-17-30-31(22-39)38(50-33(30)23-43)42-37(47)34(25-10-4-2-5-11-25)49-29-16-8-14-27(20-29)40-36(46)32(21-28-15-9-19-48-28)41-35(45)26-12-6-3-7-13-26/h2-16,19-21,34H,17-18,23H2,1H3,(H,40,46)(H,41,45)(H,42,47)/b32-21-. The lowest BCUT2D eigenvalue weighted by Crippen LogP contribution is -2.33. The van der Waals surface area contributed by atoms with Crippen molar-refractivity contribution in [2.45, 2.75) is 30.0 Å². The van der Waals surface area contributed by atoms with Crippen LogP contribution in [0.3, 0.4) is 0 Å². The number of carbonyl (C=O) groups is 4. The molecule has 1 aliphatic rings. The maximum Gasteiger partial charge on any atom is 0.272 e. The summed E-state index contributed by atoms with van der Waals surface area (Å²) in [6, 6.07) is 30.5. The van der Waals surface area contributed by atoms with Crippen molar-refractivity contribution in [3.8, 4) is 6.07 Å². The fourth-order valence-electron chi connectivity index (χ4n) is 5.40. The van der Waals surface area contributed by atoms with E-state index in [-0.39, 0.29) is 17.5 Å². The van der Waals surface area contributed by atoms with E-state index in [1.54, 1.807) is 65.6 Å². The van der Waals surface area contributed by atoms with Crippen molar-refractivity contribution in [3.63, 3.8) is 0 Å². The lowest BCUT2D eigenvalue weighted by Gasteiger charge is -2.25. The maximum atomic E-state index is 14.0. The Kier molecular flexibility index (Phi) is 10.6. The molecule has 0 spiro atoms. The van der Waals surface area contributed by atoms with Crippen molar-refractivity contribution in [1.29, 1.82) is 5.26 Å². The molecule has 3 N–H and O–H groups in total. The van der Waals surface area contributed by atoms with E-state index in [4.69, 9.17) is 4.42 Å². The number of thiophene rings is 1. The number of hydrogen-bond acceptors (Lipinski definition) is 8. The van der Waals surface area contributed by atoms with E-state index in [0.29, 0.717) is 52.0 Å². The molecule has 3 aromatic carbocycles. The fourth-order valence-corrected chi connectivity index (χ4v) is 7.70. The van der Waals surface area contributed by atoms with Gasteiger partial charge in [-0.15, -0.1) is 23.1 Å². The van der Waals surface area contributed by atoms with Crippen LogP contribution in [-0.2, 0) is 27.3 Å². The van der Waals surface area contributed by atoms with Gasteiger partial charge in [-0.05, 0) is 60.0 Å². The number of amides is 4. The molecule has 0 radical (unpaired) electrons. The number of anilines is 2. The van der Waals surface area contributed by atoms with E-state index in [0.717, 1.165) is 16.0 Å². The number of nitrogens with one attached hydrogen (secondary N) is 3. The number of benzene rings is 3. The number of fused-ring (bicyclic) bond motifs is 1. The largest absolute Gasteiger partial charge is 0.465 e. The summed E-state index contributed by atoms with van der Waals surface area (Å²) in [5.41, 5.74) is 2.86. The van der Waals surface area contributed by atoms with Gasteiger partial charge >= 0.3 is 0 Å². The highest BCUT2D eigenvalue weighted by molar-refractivity contribution is 8.00. The number of nitriles is 1. The van der Waals surface area contributed by atoms with Gasteiger partial charge in [0.1, 0.15) is 27.8 Å². The van der Waals surface area contributed by atoms with Gasteiger partial charge in [0.15, 0.2) is 0 Å². The Morgan fingerprint density at radius 2 is 1.72 bits per heavy atom. The first kappa shape index (κ1) is 34.0. The Labute approximate surface area is 296 Å². The first-order valence-electron chi connectivity index (χ1n) is 15.6. The molecule has 50 heavy (non-hydrogen) atoms. The van der Waals surface area contributed by atoms with Crippen molar-refractivity contribution in [3.05, 3.63) is 142 Å². The predicted molar refractivity (Wildman–Crippen MR) is 193 cm³/mol. The average Bonchev–Trinajstić information content (AvgIpc) is 3.77. The molecule has 1 aliphatic heterocycles. The van der Waals surface area contributed by atoms with Gasteiger partial charge in [0.05, 0.1) is 18.4 Å². The third-order valence-corrected chi connectivity index (χ3v) is 10.3. The quantitative estimate of drug-likeness (QED) is 0.105. The normalized spacial score (nSPS) is 13.0. The summed E-state index contributed by atoms with van der Waals surface area (Å²) in [5.74, 6) is -0.997. The van der Waals surface area contributed by atoms with Crippen LogP contribution >= 0.6 is 23.1 Å². The van der Waals surface area contributed by atoms with Crippen LogP contribution in [0, 0.1) is 11.3 Å². The molecule has 0 bridgehead atoms. The van der Waals surface area contributed by atoms with Crippen LogP contribution < -0.4 is 16.0 Å². The summed E-state index contributed by atoms with van der Waals surface area (Å²) in [6.07, 6.45) is 3.46. The molecule has 0 aliphatic carbocycles. The number of rotatable bonds is 10. The second kappa shape index (κ2) is 15.5. The predicted octanol–water partition coefficient (Wildman–Crippen LogP) is 7.00. The van der Waals surface area contributed by atoms with Crippen LogP contribution in [0.2, 0.25) is 0 Å². The number of carbonyl (C=O) groups excluding carboxylic acids is 4. The summed E-state index contributed by atoms with van der Waals surface area (Å²) >= 11 is 2.61. The second-order valence-electron chi connectivity index (χ2n) is 11.3. The molecular weight excluding hydrogens is 671 g/mol. The molecule has 1 unspecified atom stereocenters. The zero-order chi connectivity index (χ0) is 35.0. The minimum atomic E-state index is -0.707. The van der Waals surface area contributed by atoms with E-state index in [9.17, 15) is 24.4 Å². The molecule has 10 nitrogen and oxygen atoms in total. The van der Waals surface area contributed by atoms with Gasteiger partial charge in [-0.3, -0.25) is 19.2 Å². The monoisotopic (exact) mass is 701 g/mol. The Morgan fingerprint density at radius 1 is 0.960 bits per heavy atom. The first-order chi connectivity index (χ1) is 24.3. The summed E-state index contributed by atoms with van der Waals surface area (Å²) in [5, 5.41) is 18.3. The Bertz CT molecular complexity index is 2100. The van der Waals surface area contributed by atoms with Gasteiger partial charge in [0, 0.05) is 40.6 Å². The average molecular weight is 702 g/mol. The minimum absolute atomic E-state index is 0.0215. The van der Waals surface area contributed by atoms with Crippen LogP contribution in [0.15, 0.2) is 118 Å². The van der Waals surface area contributed by atoms with E-state index >= 15 is 0 Å². The van der Waals surface area contributed by atoms with E-state index in [1.807, 2.05) is 36.4 Å². The summed E-state index contributed by atoms with van der Waals surface area (Å²) < 4.78 is 5.39. The molecule has 0 saturated carbocycles. The van der Waals surface area contributed by atoms with E-state index in [2.05, 4.69) is 22.0 Å². The number of furan rings is 1. The molecule has 12 heteroatoms. The topological polar surface area (TPSA) is 145 Å². The molecule has 1 atom stereocenters. The molecule has 3 heterocycles. The molecule has 2 aromatic heterocycles. The molecule has 4 amide bonds. The second-order valence-corrected chi connectivity index (χ2v) is 13.6. The van der Waals surface area contributed by atoms with Crippen LogP contribution in [-0.4, -0.2) is 35.1 Å².